The number of nitrogens with zero attached hydrogens (tertiary/aromatic N) is 4. The minimum Gasteiger partial charge on any atom is -0.497 e. The summed E-state index contributed by atoms with van der Waals surface area (Å²) in [4.78, 5) is 32.0. The Morgan fingerprint density at radius 1 is 1.29 bits per heavy atom. The van der Waals surface area contributed by atoms with Crippen molar-refractivity contribution in [1.29, 1.82) is 0 Å². The molecule has 0 radical (unpaired) electrons. The van der Waals surface area contributed by atoms with Crippen molar-refractivity contribution in [3.05, 3.63) is 46.4 Å². The first-order valence-electron chi connectivity index (χ1n) is 8.19. The number of carboxylic acid groups (broad SMARTS) is 1. The number of carboxylic acids is 1. The Balaban J connectivity index is 2.37. The number of amides is 1. The van der Waals surface area contributed by atoms with E-state index in [1.54, 1.807) is 52.1 Å². The lowest BCUT2D eigenvalue weighted by Crippen LogP contribution is -2.36. The number of rotatable bonds is 6. The smallest absolute Gasteiger partial charge is 0.425 e. The van der Waals surface area contributed by atoms with Gasteiger partial charge in [0.2, 0.25) is 0 Å². The number of ether oxygens (including phenoxy) is 2. The van der Waals surface area contributed by atoms with Gasteiger partial charge in [-0.1, -0.05) is 12.1 Å². The van der Waals surface area contributed by atoms with Gasteiger partial charge in [-0.3, -0.25) is 0 Å². The number of anilines is 1. The van der Waals surface area contributed by atoms with Crippen molar-refractivity contribution in [2.45, 2.75) is 32.9 Å². The van der Waals surface area contributed by atoms with E-state index >= 15 is 0 Å². The molecule has 2 rings (SSSR count). The molecule has 0 aliphatic rings. The zero-order chi connectivity index (χ0) is 20.9. The van der Waals surface area contributed by atoms with Crippen molar-refractivity contribution < 1.29 is 29.0 Å². The number of aromatic nitrogens is 1. The summed E-state index contributed by atoms with van der Waals surface area (Å²) in [7, 11) is 1.56. The molecule has 0 fully saturated rings. The Bertz CT molecular complexity index is 911. The second-order valence-corrected chi connectivity index (χ2v) is 7.52. The first-order valence-corrected chi connectivity index (χ1v) is 9.07. The van der Waals surface area contributed by atoms with Crippen molar-refractivity contribution in [2.24, 2.45) is 0 Å². The molecule has 9 nitrogen and oxygen atoms in total. The lowest BCUT2D eigenvalue weighted by atomic mass is 10.2. The van der Waals surface area contributed by atoms with Crippen molar-refractivity contribution in [1.82, 2.24) is 4.98 Å². The molecule has 148 valence electrons. The van der Waals surface area contributed by atoms with Gasteiger partial charge in [-0.25, -0.2) is 19.5 Å². The first-order chi connectivity index (χ1) is 13.1. The number of thiazole rings is 1. The average molecular weight is 404 g/mol. The highest BCUT2D eigenvalue weighted by Crippen LogP contribution is 2.26. The van der Waals surface area contributed by atoms with Crippen molar-refractivity contribution >= 4 is 34.2 Å². The normalized spacial score (nSPS) is 10.7. The lowest BCUT2D eigenvalue weighted by Gasteiger charge is -2.25. The van der Waals surface area contributed by atoms with E-state index in [1.165, 1.54) is 10.3 Å². The fraction of sp³-hybridized carbons (Fsp3) is 0.333. The first kappa shape index (κ1) is 21.1. The molecule has 0 aliphatic heterocycles. The van der Waals surface area contributed by atoms with Crippen LogP contribution in [-0.4, -0.2) is 45.4 Å². The van der Waals surface area contributed by atoms with Gasteiger partial charge in [-0.05, 0) is 38.5 Å². The van der Waals surface area contributed by atoms with Crippen LogP contribution in [0.15, 0.2) is 29.6 Å². The van der Waals surface area contributed by atoms with Crippen LogP contribution in [0.2, 0.25) is 0 Å². The van der Waals surface area contributed by atoms with Crippen LogP contribution in [0.25, 0.3) is 5.53 Å². The number of hydrogen-bond acceptors (Lipinski definition) is 6. The highest BCUT2D eigenvalue weighted by atomic mass is 32.1. The predicted molar refractivity (Wildman–Crippen MR) is 103 cm³/mol. The number of hydrogen-bond donors (Lipinski definition) is 1. The summed E-state index contributed by atoms with van der Waals surface area (Å²) in [6.07, 6.45) is -0.637. The fourth-order valence-corrected chi connectivity index (χ4v) is 2.94. The molecule has 0 atom stereocenters. The molecule has 0 bridgehead atoms. The predicted octanol–water partition coefficient (Wildman–Crippen LogP) is 3.20. The number of methoxy groups -OCH3 is 1. The van der Waals surface area contributed by atoms with Gasteiger partial charge in [0.1, 0.15) is 11.4 Å². The fourth-order valence-electron chi connectivity index (χ4n) is 2.14. The van der Waals surface area contributed by atoms with Crippen LogP contribution in [0.4, 0.5) is 9.93 Å². The van der Waals surface area contributed by atoms with Gasteiger partial charge >= 0.3 is 17.8 Å². The SMILES string of the molecule is COc1ccc(CN(C(=O)OC(C)(C)C)c2nc(C(=[N+]=[N-])C(=O)O)cs2)cc1. The zero-order valence-corrected chi connectivity index (χ0v) is 16.7. The number of benzene rings is 1. The van der Waals surface area contributed by atoms with E-state index < -0.39 is 23.4 Å². The molecule has 28 heavy (non-hydrogen) atoms. The number of aliphatic carboxylic acids is 1. The van der Waals surface area contributed by atoms with E-state index in [-0.39, 0.29) is 17.4 Å². The molecular weight excluding hydrogens is 384 g/mol. The molecule has 0 aliphatic carbocycles. The van der Waals surface area contributed by atoms with Crippen LogP contribution < -0.4 is 9.64 Å². The Morgan fingerprint density at radius 3 is 2.43 bits per heavy atom. The minimum absolute atomic E-state index is 0.0571. The van der Waals surface area contributed by atoms with E-state index in [1.807, 2.05) is 0 Å². The second kappa shape index (κ2) is 8.64. The topological polar surface area (TPSA) is 125 Å². The van der Waals surface area contributed by atoms with Crippen LogP contribution in [-0.2, 0) is 16.1 Å². The Labute approximate surface area is 165 Å². The van der Waals surface area contributed by atoms with Gasteiger partial charge < -0.3 is 20.1 Å². The highest BCUT2D eigenvalue weighted by molar-refractivity contribution is 7.14. The minimum atomic E-state index is -1.43. The third kappa shape index (κ3) is 5.38. The Kier molecular flexibility index (Phi) is 6.50. The number of carbonyl (C=O) groups excluding carboxylic acids is 1. The quantitative estimate of drug-likeness (QED) is 0.448. The van der Waals surface area contributed by atoms with Crippen molar-refractivity contribution in [2.75, 3.05) is 12.0 Å². The molecule has 1 aromatic heterocycles. The molecule has 0 spiro atoms. The summed E-state index contributed by atoms with van der Waals surface area (Å²) in [5.41, 5.74) is 8.29. The van der Waals surface area contributed by atoms with Crippen LogP contribution in [0.3, 0.4) is 0 Å². The lowest BCUT2D eigenvalue weighted by molar-refractivity contribution is -0.133. The van der Waals surface area contributed by atoms with E-state index in [2.05, 4.69) is 9.77 Å². The Hall–Kier alpha value is -3.23. The molecule has 2 aromatic rings. The number of carbonyl (C=O) groups is 2. The van der Waals surface area contributed by atoms with Gasteiger partial charge in [-0.15, -0.1) is 11.3 Å². The van der Waals surface area contributed by atoms with Gasteiger partial charge in [0.15, 0.2) is 10.8 Å². The molecule has 1 N–H and O–H groups in total. The van der Waals surface area contributed by atoms with Crippen LogP contribution in [0.1, 0.15) is 32.0 Å². The third-order valence-electron chi connectivity index (χ3n) is 3.38. The molecule has 1 heterocycles. The van der Waals surface area contributed by atoms with E-state index in [9.17, 15) is 9.59 Å². The van der Waals surface area contributed by atoms with Gasteiger partial charge in [-0.2, -0.15) is 4.79 Å². The van der Waals surface area contributed by atoms with Crippen molar-refractivity contribution in [3.63, 3.8) is 0 Å². The monoisotopic (exact) mass is 404 g/mol. The summed E-state index contributed by atoms with van der Waals surface area (Å²) in [5.74, 6) is -0.757. The molecule has 10 heteroatoms. The van der Waals surface area contributed by atoms with E-state index in [0.29, 0.717) is 5.75 Å². The van der Waals surface area contributed by atoms with Crippen LogP contribution >= 0.6 is 11.3 Å². The molecule has 0 saturated carbocycles. The van der Waals surface area contributed by atoms with Crippen LogP contribution in [0, 0.1) is 0 Å². The van der Waals surface area contributed by atoms with Gasteiger partial charge in [0, 0.05) is 5.38 Å². The Morgan fingerprint density at radius 2 is 1.93 bits per heavy atom. The molecule has 1 amide bonds. The summed E-state index contributed by atoms with van der Waals surface area (Å²) in [6.45, 7) is 5.37. The third-order valence-corrected chi connectivity index (χ3v) is 4.25. The molecule has 0 saturated heterocycles. The maximum Gasteiger partial charge on any atom is 0.425 e. The highest BCUT2D eigenvalue weighted by Gasteiger charge is 2.30. The second-order valence-electron chi connectivity index (χ2n) is 6.68. The van der Waals surface area contributed by atoms with E-state index in [0.717, 1.165) is 16.9 Å². The standard InChI is InChI=1S/C18H20N4O5S/c1-18(2,3)27-17(25)22(9-11-5-7-12(26-4)8-6-11)16-20-13(10-28-16)14(21-19)15(23)24/h5-8,10H,9H2,1-4H3,(H,23,24). The maximum absolute atomic E-state index is 12.7. The van der Waals surface area contributed by atoms with Gasteiger partial charge in [0.25, 0.3) is 0 Å². The summed E-state index contributed by atoms with van der Waals surface area (Å²) < 4.78 is 10.6. The van der Waals surface area contributed by atoms with E-state index in [4.69, 9.17) is 20.1 Å². The molecule has 0 unspecified atom stereocenters. The van der Waals surface area contributed by atoms with Gasteiger partial charge in [0.05, 0.1) is 13.7 Å². The summed E-state index contributed by atoms with van der Waals surface area (Å²) >= 11 is 1.03. The molecular formula is C18H20N4O5S. The summed E-state index contributed by atoms with van der Waals surface area (Å²) in [6, 6.07) is 7.11. The van der Waals surface area contributed by atoms with Crippen LogP contribution in [0.5, 0.6) is 5.75 Å². The van der Waals surface area contributed by atoms with Crippen molar-refractivity contribution in [3.8, 4) is 5.75 Å². The largest absolute Gasteiger partial charge is 0.497 e. The average Bonchev–Trinajstić information content (AvgIpc) is 3.08. The maximum atomic E-state index is 12.7. The summed E-state index contributed by atoms with van der Waals surface area (Å²) in [5, 5.41) is 10.7. The zero-order valence-electron chi connectivity index (χ0n) is 15.9. The molecule has 1 aromatic carbocycles.